The average molecular weight is 331 g/mol. The van der Waals surface area contributed by atoms with E-state index in [0.717, 1.165) is 0 Å². The number of hydrogen-bond donors (Lipinski definition) is 0. The van der Waals surface area contributed by atoms with Gasteiger partial charge in [-0.3, -0.25) is 19.2 Å². The zero-order chi connectivity index (χ0) is 18.7. The van der Waals surface area contributed by atoms with E-state index in [9.17, 15) is 19.2 Å². The normalized spacial score (nSPS) is 11.9. The van der Waals surface area contributed by atoms with Gasteiger partial charge in [-0.15, -0.1) is 0 Å². The maximum atomic E-state index is 12.2. The molecule has 0 atom stereocenters. The SMILES string of the molecule is CC(C)(C)C(=O)CC(=O)c1cccc(C(=O)CC(=O)C(C)(C)C)n1. The molecule has 5 nitrogen and oxygen atoms in total. The second-order valence-electron chi connectivity index (χ2n) is 7.95. The van der Waals surface area contributed by atoms with E-state index < -0.39 is 22.4 Å². The van der Waals surface area contributed by atoms with Crippen molar-refractivity contribution in [2.45, 2.75) is 54.4 Å². The van der Waals surface area contributed by atoms with Gasteiger partial charge in [0.15, 0.2) is 11.6 Å². The molecule has 0 bridgehead atoms. The fourth-order valence-electron chi connectivity index (χ4n) is 1.75. The van der Waals surface area contributed by atoms with Crippen molar-refractivity contribution in [1.82, 2.24) is 4.98 Å². The molecule has 0 aromatic carbocycles. The first-order valence-electron chi connectivity index (χ1n) is 7.92. The smallest absolute Gasteiger partial charge is 0.188 e. The number of carbonyl (C=O) groups excluding carboxylic acids is 4. The number of aromatic nitrogens is 1. The summed E-state index contributed by atoms with van der Waals surface area (Å²) in [5.74, 6) is -1.22. The van der Waals surface area contributed by atoms with Crippen LogP contribution in [0.1, 0.15) is 75.4 Å². The molecular weight excluding hydrogens is 306 g/mol. The van der Waals surface area contributed by atoms with Gasteiger partial charge in [-0.1, -0.05) is 47.6 Å². The lowest BCUT2D eigenvalue weighted by Gasteiger charge is -2.16. The molecule has 0 saturated carbocycles. The Morgan fingerprint density at radius 2 is 1.08 bits per heavy atom. The van der Waals surface area contributed by atoms with Gasteiger partial charge >= 0.3 is 0 Å². The van der Waals surface area contributed by atoms with Gasteiger partial charge in [-0.2, -0.15) is 0 Å². The second-order valence-corrected chi connectivity index (χ2v) is 7.95. The van der Waals surface area contributed by atoms with Gasteiger partial charge in [0.2, 0.25) is 0 Å². The third-order valence-corrected chi connectivity index (χ3v) is 3.64. The molecule has 0 radical (unpaired) electrons. The van der Waals surface area contributed by atoms with Crippen LogP contribution in [0, 0.1) is 10.8 Å². The van der Waals surface area contributed by atoms with Crippen LogP contribution in [-0.4, -0.2) is 28.1 Å². The van der Waals surface area contributed by atoms with E-state index in [1.54, 1.807) is 41.5 Å². The summed E-state index contributed by atoms with van der Waals surface area (Å²) in [6.07, 6.45) is -0.510. The molecule has 0 unspecified atom stereocenters. The van der Waals surface area contributed by atoms with E-state index in [1.165, 1.54) is 18.2 Å². The van der Waals surface area contributed by atoms with Crippen LogP contribution >= 0.6 is 0 Å². The monoisotopic (exact) mass is 331 g/mol. The highest BCUT2D eigenvalue weighted by Crippen LogP contribution is 2.19. The molecule has 24 heavy (non-hydrogen) atoms. The fraction of sp³-hybridized carbons (Fsp3) is 0.526. The highest BCUT2D eigenvalue weighted by molar-refractivity contribution is 6.10. The molecule has 0 amide bonds. The number of nitrogens with zero attached hydrogens (tertiary/aromatic N) is 1. The Morgan fingerprint density at radius 1 is 0.750 bits per heavy atom. The third kappa shape index (κ3) is 5.48. The predicted octanol–water partition coefficient (Wildman–Crippen LogP) is 3.46. The van der Waals surface area contributed by atoms with E-state index in [4.69, 9.17) is 0 Å². The summed E-state index contributed by atoms with van der Waals surface area (Å²) in [6, 6.07) is 4.48. The summed E-state index contributed by atoms with van der Waals surface area (Å²) in [4.78, 5) is 52.4. The van der Waals surface area contributed by atoms with Crippen LogP contribution in [0.25, 0.3) is 0 Å². The van der Waals surface area contributed by atoms with Crippen molar-refractivity contribution in [3.8, 4) is 0 Å². The molecule has 0 aliphatic heterocycles. The molecular formula is C19H25NO4. The largest absolute Gasteiger partial charge is 0.299 e. The standard InChI is InChI=1S/C19H25NO4/c1-18(2,3)16(23)10-14(21)12-8-7-9-13(20-12)15(22)11-17(24)19(4,5)6/h7-9H,10-11H2,1-6H3. The molecule has 1 rings (SSSR count). The van der Waals surface area contributed by atoms with Crippen molar-refractivity contribution < 1.29 is 19.2 Å². The van der Waals surface area contributed by atoms with E-state index in [0.29, 0.717) is 0 Å². The first-order chi connectivity index (χ1) is 10.8. The number of carbonyl (C=O) groups is 4. The Kier molecular flexibility index (Phi) is 5.93. The number of rotatable bonds is 6. The lowest BCUT2D eigenvalue weighted by Crippen LogP contribution is -2.24. The van der Waals surface area contributed by atoms with Crippen molar-refractivity contribution in [2.24, 2.45) is 10.8 Å². The minimum atomic E-state index is -0.609. The summed E-state index contributed by atoms with van der Waals surface area (Å²) >= 11 is 0. The number of hydrogen-bond acceptors (Lipinski definition) is 5. The summed E-state index contributed by atoms with van der Waals surface area (Å²) in [5, 5.41) is 0. The summed E-state index contributed by atoms with van der Waals surface area (Å²) in [6.45, 7) is 10.5. The van der Waals surface area contributed by atoms with Crippen LogP contribution < -0.4 is 0 Å². The van der Waals surface area contributed by atoms with Crippen LogP contribution in [0.3, 0.4) is 0 Å². The van der Waals surface area contributed by atoms with Crippen molar-refractivity contribution in [3.63, 3.8) is 0 Å². The van der Waals surface area contributed by atoms with Gasteiger partial charge in [0.1, 0.15) is 23.0 Å². The highest BCUT2D eigenvalue weighted by Gasteiger charge is 2.26. The molecule has 0 fully saturated rings. The van der Waals surface area contributed by atoms with E-state index in [1.807, 2.05) is 0 Å². The Bertz CT molecular complexity index is 620. The summed E-state index contributed by atoms with van der Waals surface area (Å²) in [7, 11) is 0. The number of Topliss-reactive ketones (excluding diaryl/α,β-unsaturated/α-hetero) is 4. The Morgan fingerprint density at radius 3 is 1.38 bits per heavy atom. The molecule has 0 aliphatic rings. The zero-order valence-corrected chi connectivity index (χ0v) is 15.2. The van der Waals surface area contributed by atoms with E-state index >= 15 is 0 Å². The molecule has 0 saturated heterocycles. The molecule has 1 heterocycles. The van der Waals surface area contributed by atoms with Crippen molar-refractivity contribution in [1.29, 1.82) is 0 Å². The molecule has 0 N–H and O–H groups in total. The molecule has 1 aromatic rings. The number of pyridine rings is 1. The quantitative estimate of drug-likeness (QED) is 0.589. The Labute approximate surface area is 142 Å². The van der Waals surface area contributed by atoms with E-state index in [2.05, 4.69) is 4.98 Å². The Hall–Kier alpha value is -2.17. The second kappa shape index (κ2) is 7.16. The third-order valence-electron chi connectivity index (χ3n) is 3.64. The Balaban J connectivity index is 2.91. The van der Waals surface area contributed by atoms with Gasteiger partial charge in [0, 0.05) is 10.8 Å². The topological polar surface area (TPSA) is 81.2 Å². The van der Waals surface area contributed by atoms with Crippen molar-refractivity contribution in [3.05, 3.63) is 29.6 Å². The van der Waals surface area contributed by atoms with E-state index in [-0.39, 0.29) is 35.8 Å². The summed E-state index contributed by atoms with van der Waals surface area (Å²) < 4.78 is 0. The molecule has 130 valence electrons. The van der Waals surface area contributed by atoms with Gasteiger partial charge in [0.25, 0.3) is 0 Å². The van der Waals surface area contributed by atoms with Crippen LogP contribution in [0.15, 0.2) is 18.2 Å². The first kappa shape index (κ1) is 19.9. The minimum absolute atomic E-state index is 0.0710. The van der Waals surface area contributed by atoms with Crippen LogP contribution in [0.4, 0.5) is 0 Å². The molecule has 1 aromatic heterocycles. The predicted molar refractivity (Wildman–Crippen MR) is 91.1 cm³/mol. The van der Waals surface area contributed by atoms with Gasteiger partial charge in [-0.25, -0.2) is 4.98 Å². The zero-order valence-electron chi connectivity index (χ0n) is 15.2. The highest BCUT2D eigenvalue weighted by atomic mass is 16.2. The van der Waals surface area contributed by atoms with Gasteiger partial charge < -0.3 is 0 Å². The van der Waals surface area contributed by atoms with Crippen molar-refractivity contribution in [2.75, 3.05) is 0 Å². The van der Waals surface area contributed by atoms with Gasteiger partial charge in [0.05, 0.1) is 12.8 Å². The summed E-state index contributed by atoms with van der Waals surface area (Å²) in [5.41, 5.74) is -1.08. The van der Waals surface area contributed by atoms with Crippen LogP contribution in [-0.2, 0) is 9.59 Å². The maximum absolute atomic E-state index is 12.2. The first-order valence-corrected chi connectivity index (χ1v) is 7.92. The van der Waals surface area contributed by atoms with Crippen molar-refractivity contribution >= 4 is 23.1 Å². The lowest BCUT2D eigenvalue weighted by atomic mass is 9.87. The fourth-order valence-corrected chi connectivity index (χ4v) is 1.75. The maximum Gasteiger partial charge on any atom is 0.188 e. The average Bonchev–Trinajstić information content (AvgIpc) is 2.45. The lowest BCUT2D eigenvalue weighted by molar-refractivity contribution is -0.126. The molecule has 0 aliphatic carbocycles. The molecule has 5 heteroatoms. The molecule has 0 spiro atoms. The minimum Gasteiger partial charge on any atom is -0.299 e. The van der Waals surface area contributed by atoms with Crippen LogP contribution in [0.5, 0.6) is 0 Å². The van der Waals surface area contributed by atoms with Gasteiger partial charge in [-0.05, 0) is 12.1 Å². The number of ketones is 4. The van der Waals surface area contributed by atoms with Crippen LogP contribution in [0.2, 0.25) is 0 Å².